The van der Waals surface area contributed by atoms with Gasteiger partial charge in [-0.1, -0.05) is 0 Å². The second-order valence-corrected chi connectivity index (χ2v) is 7.31. The lowest BCUT2D eigenvalue weighted by molar-refractivity contribution is -0.137. The van der Waals surface area contributed by atoms with E-state index in [4.69, 9.17) is 9.47 Å². The second-order valence-electron chi connectivity index (χ2n) is 7.31. The van der Waals surface area contributed by atoms with Gasteiger partial charge < -0.3 is 14.8 Å². The predicted molar refractivity (Wildman–Crippen MR) is 116 cm³/mol. The van der Waals surface area contributed by atoms with E-state index in [1.807, 2.05) is 0 Å². The van der Waals surface area contributed by atoms with Crippen LogP contribution >= 0.6 is 0 Å². The summed E-state index contributed by atoms with van der Waals surface area (Å²) >= 11 is 0. The van der Waals surface area contributed by atoms with Crippen LogP contribution in [0.5, 0.6) is 17.4 Å². The third kappa shape index (κ3) is 5.93. The third-order valence-electron chi connectivity index (χ3n) is 4.89. The molecule has 0 aliphatic heterocycles. The number of aromatic nitrogens is 1. The summed E-state index contributed by atoms with van der Waals surface area (Å²) in [6.45, 7) is 1.40. The van der Waals surface area contributed by atoms with Gasteiger partial charge in [-0.15, -0.1) is 0 Å². The fourth-order valence-electron chi connectivity index (χ4n) is 3.18. The van der Waals surface area contributed by atoms with Gasteiger partial charge in [0.2, 0.25) is 5.88 Å². The maximum Gasteiger partial charge on any atom is 0.417 e. The fraction of sp³-hybridized carbons (Fsp3) is 0.167. The molecule has 1 amide bonds. The van der Waals surface area contributed by atoms with Crippen LogP contribution in [-0.2, 0) is 6.18 Å². The summed E-state index contributed by atoms with van der Waals surface area (Å²) in [4.78, 5) is 16.9. The average molecular weight is 514 g/mol. The summed E-state index contributed by atoms with van der Waals surface area (Å²) in [5.74, 6) is -2.41. The van der Waals surface area contributed by atoms with Crippen LogP contribution in [0.25, 0.3) is 5.57 Å². The normalized spacial score (nSPS) is 12.0. The highest BCUT2D eigenvalue weighted by atomic mass is 19.4. The number of rotatable bonds is 7. The number of nitrogens with one attached hydrogen (secondary N) is 1. The molecule has 0 aliphatic carbocycles. The van der Waals surface area contributed by atoms with E-state index in [1.165, 1.54) is 32.4 Å². The molecule has 0 radical (unpaired) electrons. The van der Waals surface area contributed by atoms with Crippen LogP contribution in [0.15, 0.2) is 55.0 Å². The lowest BCUT2D eigenvalue weighted by Crippen LogP contribution is -2.17. The zero-order chi connectivity index (χ0) is 26.6. The van der Waals surface area contributed by atoms with Gasteiger partial charge in [0.05, 0.1) is 30.1 Å². The van der Waals surface area contributed by atoms with Crippen LogP contribution in [0.3, 0.4) is 0 Å². The van der Waals surface area contributed by atoms with Gasteiger partial charge in [-0.3, -0.25) is 4.79 Å². The van der Waals surface area contributed by atoms with E-state index in [2.05, 4.69) is 10.3 Å². The number of aryl methyl sites for hydroxylation is 1. The highest BCUT2D eigenvalue weighted by molar-refractivity contribution is 6.07. The molecule has 5 nitrogen and oxygen atoms in total. The summed E-state index contributed by atoms with van der Waals surface area (Å²) in [5, 5.41) is 2.37. The zero-order valence-electron chi connectivity index (χ0n) is 18.6. The minimum Gasteiger partial charge on any atom is -0.481 e. The number of hydrogen-bond acceptors (Lipinski definition) is 4. The molecule has 1 heterocycles. The molecule has 190 valence electrons. The number of allylic oxidation sites excluding steroid dienone is 1. The van der Waals surface area contributed by atoms with Crippen LogP contribution in [0.4, 0.5) is 36.4 Å². The number of pyridine rings is 1. The molecule has 0 fully saturated rings. The zero-order valence-corrected chi connectivity index (χ0v) is 18.6. The smallest absolute Gasteiger partial charge is 0.417 e. The van der Waals surface area contributed by atoms with Crippen molar-refractivity contribution in [1.29, 1.82) is 0 Å². The number of ether oxygens (including phenoxy) is 2. The standard InChI is InChI=1S/C24H17F7N2O3/c1-12-7-13(26)3-4-19(12)36-20-10-18(24(29,30)31)15(17(11-25)22(27)28)9-16(20)23(34)33-14-5-6-32-21(8-14)35-2/h3-11,22H,1-2H3,(H,32,33,34). The molecule has 0 saturated carbocycles. The molecule has 3 rings (SSSR count). The molecule has 0 saturated heterocycles. The van der Waals surface area contributed by atoms with Gasteiger partial charge in [-0.25, -0.2) is 22.5 Å². The van der Waals surface area contributed by atoms with E-state index in [9.17, 15) is 35.5 Å². The Balaban J connectivity index is 2.21. The van der Waals surface area contributed by atoms with Crippen molar-refractivity contribution in [3.05, 3.63) is 83.1 Å². The van der Waals surface area contributed by atoms with Crippen molar-refractivity contribution in [3.8, 4) is 17.4 Å². The summed E-state index contributed by atoms with van der Waals surface area (Å²) < 4.78 is 105. The molecule has 0 aliphatic rings. The Morgan fingerprint density at radius 3 is 2.36 bits per heavy atom. The second kappa shape index (κ2) is 10.7. The number of anilines is 1. The molecule has 36 heavy (non-hydrogen) atoms. The summed E-state index contributed by atoms with van der Waals surface area (Å²) in [5.41, 5.74) is -4.84. The molecule has 1 aromatic heterocycles. The van der Waals surface area contributed by atoms with Crippen molar-refractivity contribution in [1.82, 2.24) is 4.98 Å². The number of alkyl halides is 5. The van der Waals surface area contributed by atoms with E-state index in [-0.39, 0.29) is 22.9 Å². The van der Waals surface area contributed by atoms with Crippen molar-refractivity contribution in [2.24, 2.45) is 0 Å². The summed E-state index contributed by atoms with van der Waals surface area (Å²) in [6.07, 6.45) is -8.23. The van der Waals surface area contributed by atoms with Gasteiger partial charge in [0, 0.05) is 18.0 Å². The minimum atomic E-state index is -5.22. The first-order valence-corrected chi connectivity index (χ1v) is 10.0. The number of halogens is 7. The number of amides is 1. The van der Waals surface area contributed by atoms with Crippen LogP contribution in [0.1, 0.15) is 27.0 Å². The molecule has 0 atom stereocenters. The van der Waals surface area contributed by atoms with Crippen molar-refractivity contribution < 1.29 is 45.0 Å². The van der Waals surface area contributed by atoms with Gasteiger partial charge in [-0.05, 0) is 54.4 Å². The Hall–Kier alpha value is -4.09. The molecule has 1 N–H and O–H groups in total. The third-order valence-corrected chi connectivity index (χ3v) is 4.89. The quantitative estimate of drug-likeness (QED) is 0.340. The van der Waals surface area contributed by atoms with E-state index < -0.39 is 58.7 Å². The molecule has 3 aromatic rings. The van der Waals surface area contributed by atoms with E-state index in [0.717, 1.165) is 18.2 Å². The number of carbonyl (C=O) groups is 1. The molecular formula is C24H17F7N2O3. The molecule has 0 spiro atoms. The number of benzene rings is 2. The number of hydrogen-bond donors (Lipinski definition) is 1. The topological polar surface area (TPSA) is 60.5 Å². The Morgan fingerprint density at radius 2 is 1.78 bits per heavy atom. The van der Waals surface area contributed by atoms with Gasteiger partial charge >= 0.3 is 6.18 Å². The maximum absolute atomic E-state index is 13.8. The first-order chi connectivity index (χ1) is 16.9. The van der Waals surface area contributed by atoms with Crippen LogP contribution in [-0.4, -0.2) is 24.4 Å². The van der Waals surface area contributed by atoms with Crippen LogP contribution in [0.2, 0.25) is 0 Å². The van der Waals surface area contributed by atoms with E-state index in [0.29, 0.717) is 12.1 Å². The van der Waals surface area contributed by atoms with Crippen LogP contribution in [0, 0.1) is 12.7 Å². The summed E-state index contributed by atoms with van der Waals surface area (Å²) in [7, 11) is 1.31. The minimum absolute atomic E-state index is 0.0969. The Kier molecular flexibility index (Phi) is 7.86. The summed E-state index contributed by atoms with van der Waals surface area (Å²) in [6, 6.07) is 6.53. The highest BCUT2D eigenvalue weighted by Gasteiger charge is 2.38. The Morgan fingerprint density at radius 1 is 1.06 bits per heavy atom. The van der Waals surface area contributed by atoms with E-state index in [1.54, 1.807) is 0 Å². The van der Waals surface area contributed by atoms with Gasteiger partial charge in [0.25, 0.3) is 12.3 Å². The molecule has 2 aromatic carbocycles. The van der Waals surface area contributed by atoms with Gasteiger partial charge in [-0.2, -0.15) is 13.2 Å². The first-order valence-electron chi connectivity index (χ1n) is 10.0. The molecular weight excluding hydrogens is 497 g/mol. The van der Waals surface area contributed by atoms with E-state index >= 15 is 0 Å². The highest BCUT2D eigenvalue weighted by Crippen LogP contribution is 2.42. The number of methoxy groups -OCH3 is 1. The van der Waals surface area contributed by atoms with Crippen molar-refractivity contribution in [2.75, 3.05) is 12.4 Å². The average Bonchev–Trinajstić information content (AvgIpc) is 2.80. The SMILES string of the molecule is COc1cc(NC(=O)c2cc(C(=CF)C(F)F)c(C(F)(F)F)cc2Oc2ccc(F)cc2C)ccn1. The lowest BCUT2D eigenvalue weighted by atomic mass is 9.96. The Labute approximate surface area is 200 Å². The molecule has 0 bridgehead atoms. The van der Waals surface area contributed by atoms with Gasteiger partial charge in [0.15, 0.2) is 0 Å². The number of carbonyl (C=O) groups excluding carboxylic acids is 1. The van der Waals surface area contributed by atoms with Crippen molar-refractivity contribution in [3.63, 3.8) is 0 Å². The maximum atomic E-state index is 13.8. The Bertz CT molecular complexity index is 1310. The lowest BCUT2D eigenvalue weighted by Gasteiger charge is -2.20. The first kappa shape index (κ1) is 26.5. The fourth-order valence-corrected chi connectivity index (χ4v) is 3.18. The van der Waals surface area contributed by atoms with Crippen molar-refractivity contribution >= 4 is 17.2 Å². The number of nitrogens with zero attached hydrogens (tertiary/aromatic N) is 1. The largest absolute Gasteiger partial charge is 0.481 e. The molecule has 0 unspecified atom stereocenters. The van der Waals surface area contributed by atoms with Gasteiger partial charge in [0.1, 0.15) is 17.3 Å². The predicted octanol–water partition coefficient (Wildman–Crippen LogP) is 7.18. The van der Waals surface area contributed by atoms with Crippen LogP contribution < -0.4 is 14.8 Å². The van der Waals surface area contributed by atoms with Crippen molar-refractivity contribution in [2.45, 2.75) is 19.5 Å². The monoisotopic (exact) mass is 514 g/mol. The molecule has 12 heteroatoms.